The molecule has 0 fully saturated rings. The SMILES string of the molecule is Brc1ccc(C=Nc2ccc(C3Sc4ccccc4S3)cc2)cc1. The fourth-order valence-corrected chi connectivity index (χ4v) is 5.55. The molecule has 118 valence electrons. The van der Waals surface area contributed by atoms with Crippen LogP contribution in [0.15, 0.2) is 92.1 Å². The molecule has 0 amide bonds. The van der Waals surface area contributed by atoms with E-state index in [0.717, 1.165) is 15.7 Å². The minimum Gasteiger partial charge on any atom is -0.256 e. The predicted octanol–water partition coefficient (Wildman–Crippen LogP) is 7.10. The average Bonchev–Trinajstić information content (AvgIpc) is 3.06. The Morgan fingerprint density at radius 3 is 2.04 bits per heavy atom. The van der Waals surface area contributed by atoms with E-state index >= 15 is 0 Å². The van der Waals surface area contributed by atoms with E-state index in [1.54, 1.807) is 0 Å². The molecule has 0 radical (unpaired) electrons. The molecule has 1 heterocycles. The standard InChI is InChI=1S/C20H14BrNS2/c21-16-9-5-14(6-10-16)13-22-17-11-7-15(8-12-17)20-23-18-3-1-2-4-19(18)24-20/h1-13,20H. The molecule has 0 saturated carbocycles. The molecule has 4 rings (SSSR count). The number of aliphatic imine (C=N–C) groups is 1. The molecule has 0 atom stereocenters. The van der Waals surface area contributed by atoms with Gasteiger partial charge < -0.3 is 0 Å². The maximum Gasteiger partial charge on any atom is 0.0846 e. The van der Waals surface area contributed by atoms with Crippen LogP contribution in [0.4, 0.5) is 5.69 Å². The third kappa shape index (κ3) is 3.61. The van der Waals surface area contributed by atoms with E-state index in [0.29, 0.717) is 4.58 Å². The van der Waals surface area contributed by atoms with Crippen molar-refractivity contribution in [3.63, 3.8) is 0 Å². The van der Waals surface area contributed by atoms with Crippen molar-refractivity contribution in [3.8, 4) is 0 Å². The normalized spacial score (nSPS) is 14.2. The minimum absolute atomic E-state index is 0.437. The fourth-order valence-electron chi connectivity index (χ4n) is 2.45. The summed E-state index contributed by atoms with van der Waals surface area (Å²) < 4.78 is 1.52. The highest BCUT2D eigenvalue weighted by Gasteiger charge is 2.23. The van der Waals surface area contributed by atoms with Crippen LogP contribution in [-0.2, 0) is 0 Å². The lowest BCUT2D eigenvalue weighted by molar-refractivity contribution is 1.27. The molecule has 1 aliphatic heterocycles. The number of halogens is 1. The smallest absolute Gasteiger partial charge is 0.0846 e. The van der Waals surface area contributed by atoms with Crippen molar-refractivity contribution in [1.82, 2.24) is 0 Å². The highest BCUT2D eigenvalue weighted by Crippen LogP contribution is 2.56. The second kappa shape index (κ2) is 7.18. The Morgan fingerprint density at radius 2 is 1.42 bits per heavy atom. The lowest BCUT2D eigenvalue weighted by Gasteiger charge is -2.08. The van der Waals surface area contributed by atoms with Gasteiger partial charge in [0.2, 0.25) is 0 Å². The molecule has 0 aromatic heterocycles. The number of benzene rings is 3. The highest BCUT2D eigenvalue weighted by molar-refractivity contribution is 9.10. The van der Waals surface area contributed by atoms with Crippen LogP contribution in [0.2, 0.25) is 0 Å². The number of hydrogen-bond donors (Lipinski definition) is 0. The first-order valence-corrected chi connectivity index (χ1v) is 10.2. The monoisotopic (exact) mass is 411 g/mol. The van der Waals surface area contributed by atoms with Crippen molar-refractivity contribution < 1.29 is 0 Å². The first-order valence-electron chi connectivity index (χ1n) is 7.60. The molecular weight excluding hydrogens is 398 g/mol. The molecule has 3 aromatic carbocycles. The van der Waals surface area contributed by atoms with E-state index in [1.807, 2.05) is 54.0 Å². The van der Waals surface area contributed by atoms with Gasteiger partial charge in [-0.3, -0.25) is 4.99 Å². The summed E-state index contributed by atoms with van der Waals surface area (Å²) in [5, 5.41) is 0. The summed E-state index contributed by atoms with van der Waals surface area (Å²) >= 11 is 7.30. The third-order valence-corrected chi connectivity index (χ3v) is 7.14. The second-order valence-corrected chi connectivity index (χ2v) is 8.92. The molecule has 24 heavy (non-hydrogen) atoms. The van der Waals surface area contributed by atoms with Crippen molar-refractivity contribution >= 4 is 51.4 Å². The van der Waals surface area contributed by atoms with Gasteiger partial charge in [0.15, 0.2) is 0 Å². The summed E-state index contributed by atoms with van der Waals surface area (Å²) in [5.74, 6) is 0. The van der Waals surface area contributed by atoms with Crippen LogP contribution in [0.25, 0.3) is 0 Å². The predicted molar refractivity (Wildman–Crippen MR) is 109 cm³/mol. The number of hydrogen-bond acceptors (Lipinski definition) is 3. The Hall–Kier alpha value is -1.49. The first-order chi connectivity index (χ1) is 11.8. The molecule has 1 nitrogen and oxygen atoms in total. The maximum atomic E-state index is 4.56. The van der Waals surface area contributed by atoms with Gasteiger partial charge in [-0.05, 0) is 47.5 Å². The van der Waals surface area contributed by atoms with Crippen molar-refractivity contribution in [2.75, 3.05) is 0 Å². The van der Waals surface area contributed by atoms with Crippen molar-refractivity contribution in [2.45, 2.75) is 14.4 Å². The van der Waals surface area contributed by atoms with Gasteiger partial charge in [-0.1, -0.05) is 52.3 Å². The van der Waals surface area contributed by atoms with Gasteiger partial charge in [0.25, 0.3) is 0 Å². The van der Waals surface area contributed by atoms with Crippen LogP contribution < -0.4 is 0 Å². The van der Waals surface area contributed by atoms with Gasteiger partial charge >= 0.3 is 0 Å². The van der Waals surface area contributed by atoms with Crippen molar-refractivity contribution in [2.24, 2.45) is 4.99 Å². The summed E-state index contributed by atoms with van der Waals surface area (Å²) in [4.78, 5) is 7.32. The van der Waals surface area contributed by atoms with E-state index in [9.17, 15) is 0 Å². The van der Waals surface area contributed by atoms with Crippen molar-refractivity contribution in [3.05, 3.63) is 88.4 Å². The van der Waals surface area contributed by atoms with Crippen LogP contribution in [0.5, 0.6) is 0 Å². The highest BCUT2D eigenvalue weighted by atomic mass is 79.9. The number of nitrogens with zero attached hydrogens (tertiary/aromatic N) is 1. The molecule has 0 unspecified atom stereocenters. The van der Waals surface area contributed by atoms with E-state index in [-0.39, 0.29) is 0 Å². The Morgan fingerprint density at radius 1 is 0.792 bits per heavy atom. The Balaban J connectivity index is 1.46. The molecule has 0 saturated heterocycles. The zero-order chi connectivity index (χ0) is 16.4. The molecule has 4 heteroatoms. The summed E-state index contributed by atoms with van der Waals surface area (Å²) in [5.41, 5.74) is 3.41. The van der Waals surface area contributed by atoms with Gasteiger partial charge in [-0.15, -0.1) is 23.5 Å². The summed E-state index contributed by atoms with van der Waals surface area (Å²) in [7, 11) is 0. The van der Waals surface area contributed by atoms with Gasteiger partial charge in [0.1, 0.15) is 0 Å². The topological polar surface area (TPSA) is 12.4 Å². The molecular formula is C20H14BrNS2. The van der Waals surface area contributed by atoms with Gasteiger partial charge in [0.05, 0.1) is 10.3 Å². The number of rotatable bonds is 3. The second-order valence-electron chi connectivity index (χ2n) is 5.42. The zero-order valence-electron chi connectivity index (χ0n) is 12.7. The fraction of sp³-hybridized carbons (Fsp3) is 0.0500. The summed E-state index contributed by atoms with van der Waals surface area (Å²) in [6, 6.07) is 25.3. The average molecular weight is 412 g/mol. The van der Waals surface area contributed by atoms with E-state index in [2.05, 4.69) is 69.5 Å². The largest absolute Gasteiger partial charge is 0.256 e. The molecule has 0 spiro atoms. The maximum absolute atomic E-state index is 4.56. The van der Waals surface area contributed by atoms with Gasteiger partial charge in [0, 0.05) is 20.5 Å². The quantitative estimate of drug-likeness (QED) is 0.426. The van der Waals surface area contributed by atoms with E-state index in [1.165, 1.54) is 15.4 Å². The molecule has 0 aliphatic carbocycles. The zero-order valence-corrected chi connectivity index (χ0v) is 15.9. The first kappa shape index (κ1) is 16.0. The Labute approximate surface area is 158 Å². The number of fused-ring (bicyclic) bond motifs is 1. The van der Waals surface area contributed by atoms with Gasteiger partial charge in [-0.25, -0.2) is 0 Å². The van der Waals surface area contributed by atoms with Crippen molar-refractivity contribution in [1.29, 1.82) is 0 Å². The lowest BCUT2D eigenvalue weighted by Crippen LogP contribution is -1.84. The third-order valence-electron chi connectivity index (χ3n) is 3.72. The molecule has 0 bridgehead atoms. The van der Waals surface area contributed by atoms with Crippen LogP contribution in [-0.4, -0.2) is 6.21 Å². The van der Waals surface area contributed by atoms with E-state index < -0.39 is 0 Å². The number of thioether (sulfide) groups is 2. The lowest BCUT2D eigenvalue weighted by atomic mass is 10.2. The molecule has 3 aromatic rings. The Kier molecular flexibility index (Phi) is 4.79. The van der Waals surface area contributed by atoms with Crippen LogP contribution in [0.1, 0.15) is 15.7 Å². The molecule has 1 aliphatic rings. The van der Waals surface area contributed by atoms with Crippen LogP contribution in [0.3, 0.4) is 0 Å². The van der Waals surface area contributed by atoms with E-state index in [4.69, 9.17) is 0 Å². The van der Waals surface area contributed by atoms with Crippen LogP contribution >= 0.6 is 39.5 Å². The van der Waals surface area contributed by atoms with Crippen LogP contribution in [0, 0.1) is 0 Å². The summed E-state index contributed by atoms with van der Waals surface area (Å²) in [6.07, 6.45) is 1.90. The Bertz CT molecular complexity index is 848. The summed E-state index contributed by atoms with van der Waals surface area (Å²) in [6.45, 7) is 0. The van der Waals surface area contributed by atoms with Gasteiger partial charge in [-0.2, -0.15) is 0 Å². The molecule has 0 N–H and O–H groups in total. The minimum atomic E-state index is 0.437.